The van der Waals surface area contributed by atoms with Gasteiger partial charge in [-0.05, 0) is 55.4 Å². The molecule has 0 saturated carbocycles. The fourth-order valence-electron chi connectivity index (χ4n) is 3.19. The van der Waals surface area contributed by atoms with Gasteiger partial charge in [0, 0.05) is 13.5 Å². The minimum Gasteiger partial charge on any atom is -0.497 e. The lowest BCUT2D eigenvalue weighted by Gasteiger charge is -2.38. The van der Waals surface area contributed by atoms with Crippen LogP contribution in [0.1, 0.15) is 18.1 Å². The first-order valence-electron chi connectivity index (χ1n) is 10.1. The first-order valence-corrected chi connectivity index (χ1v) is 13.5. The molecule has 0 bridgehead atoms. The van der Waals surface area contributed by atoms with Crippen LogP contribution in [0.2, 0.25) is 19.6 Å². The number of esters is 1. The first kappa shape index (κ1) is 23.9. The van der Waals surface area contributed by atoms with Crippen LogP contribution >= 0.6 is 0 Å². The van der Waals surface area contributed by atoms with Gasteiger partial charge in [0.05, 0.1) is 13.2 Å². The molecule has 2 aromatic carbocycles. The average Bonchev–Trinajstić information content (AvgIpc) is 2.70. The Morgan fingerprint density at radius 2 is 1.70 bits per heavy atom. The van der Waals surface area contributed by atoms with Crippen molar-refractivity contribution in [3.05, 3.63) is 78.4 Å². The first-order chi connectivity index (χ1) is 14.2. The van der Waals surface area contributed by atoms with Crippen molar-refractivity contribution >= 4 is 14.3 Å². The number of hydrogen-bond donors (Lipinski definition) is 0. The molecule has 0 spiro atoms. The van der Waals surface area contributed by atoms with Crippen LogP contribution < -0.4 is 4.74 Å². The molecule has 0 saturated heterocycles. The summed E-state index contributed by atoms with van der Waals surface area (Å²) in [6.45, 7) is 12.4. The quantitative estimate of drug-likeness (QED) is 0.219. The molecule has 0 fully saturated rings. The van der Waals surface area contributed by atoms with Crippen LogP contribution in [0.3, 0.4) is 0 Å². The Morgan fingerprint density at radius 1 is 1.07 bits per heavy atom. The molecule has 0 heterocycles. The highest BCUT2D eigenvalue weighted by Crippen LogP contribution is 2.23. The van der Waals surface area contributed by atoms with E-state index in [1.54, 1.807) is 13.2 Å². The maximum absolute atomic E-state index is 11.8. The molecule has 0 N–H and O–H groups in total. The Balaban J connectivity index is 2.40. The van der Waals surface area contributed by atoms with E-state index in [1.165, 1.54) is 6.92 Å². The number of carbonyl (C=O) groups excluding carboxylic acids is 1. The molecule has 2 aromatic rings. The van der Waals surface area contributed by atoms with Crippen molar-refractivity contribution in [2.24, 2.45) is 0 Å². The number of methoxy groups -OCH3 is 1. The second-order valence-electron chi connectivity index (χ2n) is 8.19. The summed E-state index contributed by atoms with van der Waals surface area (Å²) in [6, 6.07) is 17.8. The highest BCUT2D eigenvalue weighted by molar-refractivity contribution is 6.69. The monoisotopic (exact) mass is 427 g/mol. The fourth-order valence-corrected chi connectivity index (χ4v) is 4.10. The lowest BCUT2D eigenvalue weighted by atomic mass is 10.00. The zero-order valence-electron chi connectivity index (χ0n) is 18.6. The molecule has 30 heavy (non-hydrogen) atoms. The highest BCUT2D eigenvalue weighted by Gasteiger charge is 2.32. The summed E-state index contributed by atoms with van der Waals surface area (Å²) in [4.78, 5) is 11.8. The third kappa shape index (κ3) is 7.78. The molecule has 0 aliphatic rings. The van der Waals surface area contributed by atoms with E-state index in [-0.39, 0.29) is 12.0 Å². The predicted octanol–water partition coefficient (Wildman–Crippen LogP) is 4.99. The molecule has 0 amide bonds. The van der Waals surface area contributed by atoms with E-state index in [0.29, 0.717) is 13.0 Å². The number of nitrogens with zero attached hydrogens (tertiary/aromatic N) is 1. The molecule has 162 valence electrons. The van der Waals surface area contributed by atoms with Crippen LogP contribution in [0.4, 0.5) is 0 Å². The number of hydrogen-bond acceptors (Lipinski definition) is 5. The van der Waals surface area contributed by atoms with Crippen LogP contribution in [0, 0.1) is 0 Å². The Morgan fingerprint density at radius 3 is 2.20 bits per heavy atom. The number of rotatable bonds is 11. The van der Waals surface area contributed by atoms with Crippen LogP contribution in [0.25, 0.3) is 0 Å². The van der Waals surface area contributed by atoms with Gasteiger partial charge in [0.1, 0.15) is 11.9 Å². The van der Waals surface area contributed by atoms with Crippen molar-refractivity contribution < 1.29 is 18.8 Å². The van der Waals surface area contributed by atoms with Crippen LogP contribution in [0.15, 0.2) is 67.3 Å². The molecule has 0 aromatic heterocycles. The van der Waals surface area contributed by atoms with Crippen molar-refractivity contribution in [1.82, 2.24) is 5.06 Å². The van der Waals surface area contributed by atoms with Gasteiger partial charge in [0.25, 0.3) is 0 Å². The summed E-state index contributed by atoms with van der Waals surface area (Å²) in [5.41, 5.74) is 2.22. The summed E-state index contributed by atoms with van der Waals surface area (Å²) in [6.07, 6.45) is 1.80. The molecular weight excluding hydrogens is 394 g/mol. The van der Waals surface area contributed by atoms with Gasteiger partial charge in [-0.1, -0.05) is 49.0 Å². The molecule has 0 unspecified atom stereocenters. The maximum atomic E-state index is 11.8. The molecule has 6 heteroatoms. The summed E-state index contributed by atoms with van der Waals surface area (Å²) in [5.74, 6) is 0.461. The predicted molar refractivity (Wildman–Crippen MR) is 123 cm³/mol. The minimum atomic E-state index is -1.94. The number of ether oxygens (including phenoxy) is 2. The maximum Gasteiger partial charge on any atom is 0.303 e. The van der Waals surface area contributed by atoms with E-state index in [4.69, 9.17) is 14.0 Å². The zero-order valence-corrected chi connectivity index (χ0v) is 19.6. The Labute approximate surface area is 181 Å². The number of carbonyl (C=O) groups is 1. The lowest BCUT2D eigenvalue weighted by molar-refractivity contribution is -0.164. The summed E-state index contributed by atoms with van der Waals surface area (Å²) >= 11 is 0. The smallest absolute Gasteiger partial charge is 0.303 e. The average molecular weight is 428 g/mol. The van der Waals surface area contributed by atoms with Gasteiger partial charge < -0.3 is 14.0 Å². The summed E-state index contributed by atoms with van der Waals surface area (Å²) in [7, 11) is -0.288. The van der Waals surface area contributed by atoms with Gasteiger partial charge in [-0.2, -0.15) is 5.06 Å². The fraction of sp³-hybridized carbons (Fsp3) is 0.375. The van der Waals surface area contributed by atoms with Gasteiger partial charge in [-0.3, -0.25) is 4.79 Å². The molecular formula is C24H33NO4Si. The van der Waals surface area contributed by atoms with Gasteiger partial charge >= 0.3 is 5.97 Å². The lowest BCUT2D eigenvalue weighted by Crippen LogP contribution is -2.49. The standard InChI is InChI=1S/C24H33NO4Si/c1-7-24(28-19(2)26)23(17-20-13-15-22(27-3)16-14-20)25(29-30(4,5)6)18-21-11-9-8-10-12-21/h7-16,23-24H,1,17-18H2,2-6H3/t23-,24-/m0/s1. The van der Waals surface area contributed by atoms with Crippen LogP contribution in [-0.4, -0.2) is 38.6 Å². The van der Waals surface area contributed by atoms with Crippen molar-refractivity contribution in [1.29, 1.82) is 0 Å². The topological polar surface area (TPSA) is 48.0 Å². The van der Waals surface area contributed by atoms with Crippen molar-refractivity contribution in [2.45, 2.75) is 51.7 Å². The third-order valence-corrected chi connectivity index (χ3v) is 5.24. The molecule has 0 aliphatic carbocycles. The van der Waals surface area contributed by atoms with Gasteiger partial charge in [0.15, 0.2) is 0 Å². The van der Waals surface area contributed by atoms with Gasteiger partial charge in [-0.25, -0.2) is 0 Å². The molecule has 0 aliphatic heterocycles. The van der Waals surface area contributed by atoms with E-state index >= 15 is 0 Å². The second-order valence-corrected chi connectivity index (χ2v) is 12.6. The molecule has 0 radical (unpaired) electrons. The third-order valence-electron chi connectivity index (χ3n) is 4.46. The van der Waals surface area contributed by atoms with E-state index in [1.807, 2.05) is 47.5 Å². The highest BCUT2D eigenvalue weighted by atomic mass is 28.4. The van der Waals surface area contributed by atoms with Gasteiger partial charge in [0.2, 0.25) is 8.32 Å². The van der Waals surface area contributed by atoms with E-state index in [2.05, 4.69) is 38.4 Å². The molecule has 5 nitrogen and oxygen atoms in total. The largest absolute Gasteiger partial charge is 0.497 e. The van der Waals surface area contributed by atoms with Gasteiger partial charge in [-0.15, -0.1) is 0 Å². The van der Waals surface area contributed by atoms with Crippen molar-refractivity contribution in [3.63, 3.8) is 0 Å². The SMILES string of the molecule is C=C[C@H](OC(C)=O)[C@H](Cc1ccc(OC)cc1)N(Cc1ccccc1)O[Si](C)(C)C. The molecule has 2 atom stereocenters. The summed E-state index contributed by atoms with van der Waals surface area (Å²) in [5, 5.41) is 1.97. The normalized spacial score (nSPS) is 13.5. The van der Waals surface area contributed by atoms with Crippen LogP contribution in [-0.2, 0) is 27.0 Å². The Hall–Kier alpha value is -2.41. The van der Waals surface area contributed by atoms with E-state index in [9.17, 15) is 4.79 Å². The zero-order chi connectivity index (χ0) is 22.1. The number of hydroxylamine groups is 2. The number of benzene rings is 2. The van der Waals surface area contributed by atoms with Crippen molar-refractivity contribution in [2.75, 3.05) is 7.11 Å². The van der Waals surface area contributed by atoms with Crippen molar-refractivity contribution in [3.8, 4) is 5.75 Å². The Bertz CT molecular complexity index is 802. The minimum absolute atomic E-state index is 0.230. The van der Waals surface area contributed by atoms with E-state index in [0.717, 1.165) is 16.9 Å². The molecule has 2 rings (SSSR count). The van der Waals surface area contributed by atoms with Crippen LogP contribution in [0.5, 0.6) is 5.75 Å². The Kier molecular flexibility index (Phi) is 8.83. The van der Waals surface area contributed by atoms with E-state index < -0.39 is 14.4 Å². The second kappa shape index (κ2) is 11.1. The summed E-state index contributed by atoms with van der Waals surface area (Å²) < 4.78 is 17.4.